The smallest absolute Gasteiger partial charge is 0.252 e. The van der Waals surface area contributed by atoms with Gasteiger partial charge in [0.2, 0.25) is 5.91 Å². The summed E-state index contributed by atoms with van der Waals surface area (Å²) >= 11 is 6.21. The summed E-state index contributed by atoms with van der Waals surface area (Å²) in [7, 11) is 0. The number of allylic oxidation sites excluding steroid dienone is 3. The van der Waals surface area contributed by atoms with Crippen molar-refractivity contribution in [1.82, 2.24) is 0 Å². The second-order valence-corrected chi connectivity index (χ2v) is 8.62. The molecule has 0 heterocycles. The molecule has 6 N–H and O–H groups in total. The van der Waals surface area contributed by atoms with Gasteiger partial charge in [0.25, 0.3) is 5.91 Å². The Morgan fingerprint density at radius 3 is 2.55 bits per heavy atom. The van der Waals surface area contributed by atoms with Gasteiger partial charge in [-0.25, -0.2) is 0 Å². The number of fused-ring (bicyclic) bond motifs is 3. The summed E-state index contributed by atoms with van der Waals surface area (Å²) in [5.41, 5.74) is 5.95. The van der Waals surface area contributed by atoms with E-state index in [2.05, 4.69) is 11.9 Å². The van der Waals surface area contributed by atoms with Crippen molar-refractivity contribution in [1.29, 1.82) is 0 Å². The zero-order valence-electron chi connectivity index (χ0n) is 16.7. The van der Waals surface area contributed by atoms with Crippen molar-refractivity contribution in [2.75, 3.05) is 5.32 Å². The van der Waals surface area contributed by atoms with Crippen LogP contribution in [0.25, 0.3) is 0 Å². The van der Waals surface area contributed by atoms with Crippen molar-refractivity contribution in [3.8, 4) is 5.75 Å². The average molecular weight is 445 g/mol. The predicted octanol–water partition coefficient (Wildman–Crippen LogP) is 3.06. The van der Waals surface area contributed by atoms with E-state index in [-0.39, 0.29) is 62.8 Å². The molecule has 0 saturated carbocycles. The molecule has 0 aromatic heterocycles. The molecule has 3 aliphatic carbocycles. The number of Topliss-reactive ketones (excluding diaryl/α,β-unsaturated/α-hetero) is 1. The monoisotopic (exact) mass is 444 g/mol. The molecule has 1 aromatic carbocycles. The van der Waals surface area contributed by atoms with Gasteiger partial charge in [0.05, 0.1) is 16.2 Å². The minimum Gasteiger partial charge on any atom is -0.511 e. The highest BCUT2D eigenvalue weighted by Gasteiger charge is 2.48. The summed E-state index contributed by atoms with van der Waals surface area (Å²) in [4.78, 5) is 36.6. The highest BCUT2D eigenvalue weighted by Crippen LogP contribution is 2.52. The number of aromatic hydroxyl groups is 1. The van der Waals surface area contributed by atoms with Gasteiger partial charge in [-0.3, -0.25) is 14.4 Å². The average Bonchev–Trinajstić information content (AvgIpc) is 2.63. The fourth-order valence-electron chi connectivity index (χ4n) is 5.15. The van der Waals surface area contributed by atoms with E-state index in [0.29, 0.717) is 18.4 Å². The first-order chi connectivity index (χ1) is 14.5. The number of hydrogen-bond donors (Lipinski definition) is 5. The maximum absolute atomic E-state index is 13.4. The first kappa shape index (κ1) is 21.0. The quantitative estimate of drug-likeness (QED) is 0.442. The van der Waals surface area contributed by atoms with Crippen LogP contribution in [0, 0.1) is 17.8 Å². The van der Waals surface area contributed by atoms with Crippen molar-refractivity contribution in [3.05, 3.63) is 57.0 Å². The second kappa shape index (κ2) is 7.16. The lowest BCUT2D eigenvalue weighted by Crippen LogP contribution is -2.39. The van der Waals surface area contributed by atoms with E-state index in [1.165, 1.54) is 13.0 Å². The zero-order valence-corrected chi connectivity index (χ0v) is 17.4. The number of nitrogens with two attached hydrogens (primary N) is 1. The molecule has 0 aliphatic heterocycles. The molecule has 0 radical (unpaired) electrons. The summed E-state index contributed by atoms with van der Waals surface area (Å²) in [6.45, 7) is 5.09. The van der Waals surface area contributed by atoms with Gasteiger partial charge in [-0.1, -0.05) is 18.2 Å². The minimum atomic E-state index is -0.853. The Kier molecular flexibility index (Phi) is 4.85. The summed E-state index contributed by atoms with van der Waals surface area (Å²) in [5.74, 6) is -4.11. The molecule has 31 heavy (non-hydrogen) atoms. The number of aliphatic hydroxyl groups is 2. The summed E-state index contributed by atoms with van der Waals surface area (Å²) in [5, 5.41) is 34.6. The molecule has 4 rings (SSSR count). The van der Waals surface area contributed by atoms with Gasteiger partial charge in [0.1, 0.15) is 17.2 Å². The Morgan fingerprint density at radius 1 is 1.26 bits per heavy atom. The molecule has 162 valence electrons. The Bertz CT molecular complexity index is 1150. The van der Waals surface area contributed by atoms with Crippen LogP contribution in [0.15, 0.2) is 40.9 Å². The van der Waals surface area contributed by atoms with E-state index < -0.39 is 29.3 Å². The zero-order chi connectivity index (χ0) is 22.8. The minimum absolute atomic E-state index is 0.0284. The summed E-state index contributed by atoms with van der Waals surface area (Å²) in [6, 6.07) is 1.53. The first-order valence-corrected chi connectivity index (χ1v) is 10.1. The number of primary amides is 1. The number of benzene rings is 1. The van der Waals surface area contributed by atoms with E-state index in [9.17, 15) is 29.7 Å². The van der Waals surface area contributed by atoms with Crippen molar-refractivity contribution in [2.24, 2.45) is 23.5 Å². The number of anilines is 1. The van der Waals surface area contributed by atoms with Gasteiger partial charge in [-0.15, -0.1) is 0 Å². The molecular weight excluding hydrogens is 424 g/mol. The maximum atomic E-state index is 13.4. The molecule has 2 amide bonds. The number of ketones is 1. The van der Waals surface area contributed by atoms with E-state index in [0.717, 1.165) is 0 Å². The third kappa shape index (κ3) is 3.09. The van der Waals surface area contributed by atoms with Crippen LogP contribution in [0.1, 0.15) is 35.7 Å². The largest absolute Gasteiger partial charge is 0.511 e. The SMILES string of the molecule is C=C1C(C(N)=O)=C(O)CC2CC3Cc4cc(Cl)c(NC(C)=O)c(O)c4C(=O)C3=C(O)C12. The van der Waals surface area contributed by atoms with Crippen molar-refractivity contribution >= 4 is 34.9 Å². The molecule has 0 spiro atoms. The lowest BCUT2D eigenvalue weighted by Gasteiger charge is -2.42. The molecule has 9 heteroatoms. The normalized spacial score (nSPS) is 25.0. The van der Waals surface area contributed by atoms with Crippen molar-refractivity contribution in [3.63, 3.8) is 0 Å². The predicted molar refractivity (Wildman–Crippen MR) is 113 cm³/mol. The molecule has 3 unspecified atom stereocenters. The number of amides is 2. The molecule has 3 atom stereocenters. The van der Waals surface area contributed by atoms with Crippen LogP contribution >= 0.6 is 11.6 Å². The Hall–Kier alpha value is -3.26. The lowest BCUT2D eigenvalue weighted by atomic mass is 9.62. The fraction of sp³-hybridized carbons (Fsp3) is 0.318. The van der Waals surface area contributed by atoms with Crippen LogP contribution < -0.4 is 11.1 Å². The van der Waals surface area contributed by atoms with Gasteiger partial charge in [-0.05, 0) is 41.9 Å². The lowest BCUT2D eigenvalue weighted by molar-refractivity contribution is -0.115. The number of rotatable bonds is 2. The molecule has 0 bridgehead atoms. The van der Waals surface area contributed by atoms with E-state index in [4.69, 9.17) is 17.3 Å². The topological polar surface area (TPSA) is 150 Å². The fourth-order valence-corrected chi connectivity index (χ4v) is 5.41. The number of hydrogen-bond acceptors (Lipinski definition) is 6. The number of halogens is 1. The van der Waals surface area contributed by atoms with Gasteiger partial charge in [-0.2, -0.15) is 0 Å². The molecule has 3 aliphatic rings. The Morgan fingerprint density at radius 2 is 1.94 bits per heavy atom. The van der Waals surface area contributed by atoms with Crippen LogP contribution in [0.4, 0.5) is 5.69 Å². The third-order valence-electron chi connectivity index (χ3n) is 6.30. The summed E-state index contributed by atoms with van der Waals surface area (Å²) in [6.07, 6.45) is 0.914. The molecule has 8 nitrogen and oxygen atoms in total. The van der Waals surface area contributed by atoms with Gasteiger partial charge < -0.3 is 26.4 Å². The number of phenolic OH excluding ortho intramolecular Hbond substituents is 1. The maximum Gasteiger partial charge on any atom is 0.252 e. The number of nitrogens with one attached hydrogen (secondary N) is 1. The second-order valence-electron chi connectivity index (χ2n) is 8.22. The molecular formula is C22H21ClN2O6. The Labute approximate surface area is 182 Å². The van der Waals surface area contributed by atoms with Crippen LogP contribution in [-0.2, 0) is 16.0 Å². The van der Waals surface area contributed by atoms with Crippen LogP contribution in [0.2, 0.25) is 5.02 Å². The van der Waals surface area contributed by atoms with E-state index >= 15 is 0 Å². The molecule has 0 saturated heterocycles. The van der Waals surface area contributed by atoms with Crippen molar-refractivity contribution in [2.45, 2.75) is 26.2 Å². The van der Waals surface area contributed by atoms with Gasteiger partial charge >= 0.3 is 0 Å². The van der Waals surface area contributed by atoms with Crippen molar-refractivity contribution < 1.29 is 29.7 Å². The highest BCUT2D eigenvalue weighted by molar-refractivity contribution is 6.35. The number of phenols is 1. The number of carbonyl (C=O) groups is 3. The molecule has 1 aromatic rings. The summed E-state index contributed by atoms with van der Waals surface area (Å²) < 4.78 is 0. The van der Waals surface area contributed by atoms with Crippen LogP contribution in [-0.4, -0.2) is 32.9 Å². The highest BCUT2D eigenvalue weighted by atomic mass is 35.5. The van der Waals surface area contributed by atoms with E-state index in [1.807, 2.05) is 0 Å². The standard InChI is InChI=1S/C22H21ClN2O6/c1-7-14-11(6-13(27)15(7)22(24)31)4-9-3-10-5-12(23)18(25-8(2)26)21(30)17(10)20(29)16(9)19(14)28/h5,9,11,14,27-28,30H,1,3-4,6H2,2H3,(H2,24,31)(H,25,26). The number of carbonyl (C=O) groups excluding carboxylic acids is 3. The first-order valence-electron chi connectivity index (χ1n) is 9.73. The molecule has 0 fully saturated rings. The van der Waals surface area contributed by atoms with E-state index in [1.54, 1.807) is 0 Å². The van der Waals surface area contributed by atoms with Gasteiger partial charge in [0, 0.05) is 24.8 Å². The number of aliphatic hydroxyl groups excluding tert-OH is 2. The van der Waals surface area contributed by atoms with Crippen LogP contribution in [0.5, 0.6) is 5.75 Å². The van der Waals surface area contributed by atoms with Crippen LogP contribution in [0.3, 0.4) is 0 Å². The van der Waals surface area contributed by atoms with Gasteiger partial charge in [0.15, 0.2) is 11.5 Å². The Balaban J connectivity index is 1.84. The third-order valence-corrected chi connectivity index (χ3v) is 6.60.